The fourth-order valence-corrected chi connectivity index (χ4v) is 3.74. The largest absolute Gasteiger partial charge is 0.345 e. The molecule has 1 atom stereocenters. The number of rotatable bonds is 5. The molecule has 1 amide bonds. The van der Waals surface area contributed by atoms with Crippen molar-refractivity contribution in [1.29, 1.82) is 0 Å². The van der Waals surface area contributed by atoms with Gasteiger partial charge >= 0.3 is 0 Å². The molecule has 0 saturated carbocycles. The first-order chi connectivity index (χ1) is 15.0. The van der Waals surface area contributed by atoms with Crippen LogP contribution in [0.3, 0.4) is 0 Å². The molecule has 1 N–H and O–H groups in total. The molecule has 4 rings (SSSR count). The Morgan fingerprint density at radius 2 is 1.84 bits per heavy atom. The van der Waals surface area contributed by atoms with Crippen LogP contribution in [-0.4, -0.2) is 26.6 Å². The second kappa shape index (κ2) is 8.52. The quantitative estimate of drug-likeness (QED) is 0.519. The van der Waals surface area contributed by atoms with Crippen LogP contribution in [0, 0.1) is 13.8 Å². The maximum Gasteiger partial charge on any atom is 0.279 e. The Morgan fingerprint density at radius 3 is 2.55 bits per heavy atom. The van der Waals surface area contributed by atoms with Gasteiger partial charge in [-0.3, -0.25) is 14.6 Å². The van der Waals surface area contributed by atoms with Crippen molar-refractivity contribution in [1.82, 2.24) is 20.1 Å². The van der Waals surface area contributed by atoms with Crippen LogP contribution in [0.1, 0.15) is 56.9 Å². The van der Waals surface area contributed by atoms with E-state index in [2.05, 4.69) is 15.4 Å². The molecule has 156 valence electrons. The van der Waals surface area contributed by atoms with E-state index >= 15 is 0 Å². The molecule has 6 nitrogen and oxygen atoms in total. The predicted octanol–water partition coefficient (Wildman–Crippen LogP) is 4.62. The Morgan fingerprint density at radius 1 is 1.06 bits per heavy atom. The number of carbonyl (C=O) groups is 2. The van der Waals surface area contributed by atoms with Crippen molar-refractivity contribution in [2.45, 2.75) is 33.2 Å². The Balaban J connectivity index is 1.65. The van der Waals surface area contributed by atoms with Crippen molar-refractivity contribution < 1.29 is 9.59 Å². The van der Waals surface area contributed by atoms with E-state index in [1.807, 2.05) is 51.1 Å². The number of hydrogen-bond donors (Lipinski definition) is 1. The average Bonchev–Trinajstić information content (AvgIpc) is 3.13. The van der Waals surface area contributed by atoms with E-state index in [1.54, 1.807) is 36.7 Å². The van der Waals surface area contributed by atoms with Gasteiger partial charge in [-0.2, -0.15) is 9.78 Å². The van der Waals surface area contributed by atoms with Crippen LogP contribution < -0.4 is 5.32 Å². The van der Waals surface area contributed by atoms with E-state index in [4.69, 9.17) is 0 Å². The lowest BCUT2D eigenvalue weighted by Crippen LogP contribution is -2.28. The van der Waals surface area contributed by atoms with Crippen molar-refractivity contribution in [3.8, 4) is 0 Å². The SMILES string of the molecule is CCC(NC(=O)c1ccc2c(c1)c(C)nn2C(=O)c1ccncc1C)c1ccccc1. The number of nitrogens with zero attached hydrogens (tertiary/aromatic N) is 3. The van der Waals surface area contributed by atoms with Crippen LogP contribution >= 0.6 is 0 Å². The number of amides is 1. The van der Waals surface area contributed by atoms with E-state index in [-0.39, 0.29) is 17.9 Å². The first-order valence-corrected chi connectivity index (χ1v) is 10.3. The maximum atomic E-state index is 13.0. The minimum absolute atomic E-state index is 0.0653. The highest BCUT2D eigenvalue weighted by molar-refractivity contribution is 6.04. The third-order valence-electron chi connectivity index (χ3n) is 5.49. The number of fused-ring (bicyclic) bond motifs is 1. The summed E-state index contributed by atoms with van der Waals surface area (Å²) >= 11 is 0. The monoisotopic (exact) mass is 412 g/mol. The van der Waals surface area contributed by atoms with E-state index in [0.717, 1.165) is 22.9 Å². The smallest absolute Gasteiger partial charge is 0.279 e. The van der Waals surface area contributed by atoms with Gasteiger partial charge in [0.1, 0.15) is 0 Å². The highest BCUT2D eigenvalue weighted by Crippen LogP contribution is 2.23. The zero-order valence-corrected chi connectivity index (χ0v) is 17.8. The molecule has 0 aliphatic heterocycles. The third-order valence-corrected chi connectivity index (χ3v) is 5.49. The highest BCUT2D eigenvalue weighted by atomic mass is 16.2. The fraction of sp³-hybridized carbons (Fsp3) is 0.200. The molecule has 31 heavy (non-hydrogen) atoms. The molecule has 4 aromatic rings. The predicted molar refractivity (Wildman–Crippen MR) is 120 cm³/mol. The normalized spacial score (nSPS) is 12.0. The van der Waals surface area contributed by atoms with Gasteiger partial charge in [0.2, 0.25) is 0 Å². The summed E-state index contributed by atoms with van der Waals surface area (Å²) in [6, 6.07) is 16.9. The van der Waals surface area contributed by atoms with E-state index in [1.165, 1.54) is 4.68 Å². The van der Waals surface area contributed by atoms with Crippen molar-refractivity contribution in [2.24, 2.45) is 0 Å². The second-order valence-electron chi connectivity index (χ2n) is 7.57. The molecule has 0 saturated heterocycles. The molecule has 0 aliphatic carbocycles. The van der Waals surface area contributed by atoms with Crippen LogP contribution in [0.15, 0.2) is 67.0 Å². The summed E-state index contributed by atoms with van der Waals surface area (Å²) in [6.07, 6.45) is 4.04. The van der Waals surface area contributed by atoms with Gasteiger partial charge in [0, 0.05) is 28.9 Å². The molecule has 0 radical (unpaired) electrons. The van der Waals surface area contributed by atoms with Crippen molar-refractivity contribution in [3.63, 3.8) is 0 Å². The van der Waals surface area contributed by atoms with Crippen LogP contribution in [0.5, 0.6) is 0 Å². The van der Waals surface area contributed by atoms with Crippen molar-refractivity contribution >= 4 is 22.7 Å². The summed E-state index contributed by atoms with van der Waals surface area (Å²) in [6.45, 7) is 5.73. The van der Waals surface area contributed by atoms with E-state index in [0.29, 0.717) is 22.3 Å². The Bertz CT molecular complexity index is 1260. The maximum absolute atomic E-state index is 13.0. The molecule has 0 fully saturated rings. The topological polar surface area (TPSA) is 76.9 Å². The summed E-state index contributed by atoms with van der Waals surface area (Å²) in [7, 11) is 0. The number of aryl methyl sites for hydroxylation is 2. The molecule has 1 unspecified atom stereocenters. The first-order valence-electron chi connectivity index (χ1n) is 10.3. The summed E-state index contributed by atoms with van der Waals surface area (Å²) in [5.41, 5.74) is 4.31. The van der Waals surface area contributed by atoms with Crippen LogP contribution in [0.25, 0.3) is 10.9 Å². The summed E-state index contributed by atoms with van der Waals surface area (Å²) in [5.74, 6) is -0.369. The Hall–Kier alpha value is -3.80. The van der Waals surface area contributed by atoms with E-state index in [9.17, 15) is 9.59 Å². The third kappa shape index (κ3) is 3.97. The van der Waals surface area contributed by atoms with Gasteiger partial charge in [-0.25, -0.2) is 0 Å². The number of pyridine rings is 1. The number of aromatic nitrogens is 3. The molecule has 0 aliphatic rings. The lowest BCUT2D eigenvalue weighted by molar-refractivity contribution is 0.0932. The first kappa shape index (κ1) is 20.5. The number of hydrogen-bond acceptors (Lipinski definition) is 4. The summed E-state index contributed by atoms with van der Waals surface area (Å²) in [5, 5.41) is 8.33. The number of carbonyl (C=O) groups excluding carboxylic acids is 2. The summed E-state index contributed by atoms with van der Waals surface area (Å²) in [4.78, 5) is 30.0. The fourth-order valence-electron chi connectivity index (χ4n) is 3.74. The Labute approximate surface area is 180 Å². The lowest BCUT2D eigenvalue weighted by atomic mass is 10.0. The van der Waals surface area contributed by atoms with E-state index < -0.39 is 0 Å². The zero-order chi connectivity index (χ0) is 22.0. The van der Waals surface area contributed by atoms with Gasteiger partial charge in [0.05, 0.1) is 17.3 Å². The molecule has 2 aromatic heterocycles. The van der Waals surface area contributed by atoms with Gasteiger partial charge in [-0.1, -0.05) is 37.3 Å². The second-order valence-corrected chi connectivity index (χ2v) is 7.57. The number of benzene rings is 2. The van der Waals surface area contributed by atoms with Gasteiger partial charge in [-0.05, 0) is 55.7 Å². The average molecular weight is 412 g/mol. The van der Waals surface area contributed by atoms with Crippen molar-refractivity contribution in [2.75, 3.05) is 0 Å². The van der Waals surface area contributed by atoms with Gasteiger partial charge in [-0.15, -0.1) is 0 Å². The zero-order valence-electron chi connectivity index (χ0n) is 17.8. The van der Waals surface area contributed by atoms with Crippen LogP contribution in [0.2, 0.25) is 0 Å². The summed E-state index contributed by atoms with van der Waals surface area (Å²) < 4.78 is 1.40. The van der Waals surface area contributed by atoms with Crippen LogP contribution in [0.4, 0.5) is 0 Å². The minimum Gasteiger partial charge on any atom is -0.345 e. The molecule has 0 spiro atoms. The minimum atomic E-state index is -0.217. The number of nitrogens with one attached hydrogen (secondary N) is 1. The van der Waals surface area contributed by atoms with Gasteiger partial charge in [0.15, 0.2) is 0 Å². The lowest BCUT2D eigenvalue weighted by Gasteiger charge is -2.17. The Kier molecular flexibility index (Phi) is 5.62. The van der Waals surface area contributed by atoms with Gasteiger partial charge < -0.3 is 5.32 Å². The van der Waals surface area contributed by atoms with Gasteiger partial charge in [0.25, 0.3) is 11.8 Å². The molecular formula is C25H24N4O2. The standard InChI is InChI=1S/C25H24N4O2/c1-4-22(18-8-6-5-7-9-18)27-24(30)19-10-11-23-21(14-19)17(3)28-29(23)25(31)20-12-13-26-15-16(20)2/h5-15,22H,4H2,1-3H3,(H,27,30). The highest BCUT2D eigenvalue weighted by Gasteiger charge is 2.19. The molecular weight excluding hydrogens is 388 g/mol. The van der Waals surface area contributed by atoms with Crippen LogP contribution in [-0.2, 0) is 0 Å². The molecule has 0 bridgehead atoms. The molecule has 6 heteroatoms. The molecule has 2 heterocycles. The van der Waals surface area contributed by atoms with Crippen molar-refractivity contribution in [3.05, 3.63) is 94.9 Å². The molecule has 2 aromatic carbocycles.